The van der Waals surface area contributed by atoms with Crippen molar-refractivity contribution in [2.24, 2.45) is 0 Å². The Morgan fingerprint density at radius 1 is 0.919 bits per heavy atom. The Kier molecular flexibility index (Phi) is 7.63. The average molecular weight is 565 g/mol. The largest absolute Gasteiger partial charge is 0.497 e. The minimum absolute atomic E-state index is 0.201. The number of hydrogen-bond acceptors (Lipinski definition) is 6. The summed E-state index contributed by atoms with van der Waals surface area (Å²) in [6.07, 6.45) is 1.40. The van der Waals surface area contributed by atoms with Crippen molar-refractivity contribution >= 4 is 45.5 Å². The smallest absolute Gasteiger partial charge is 0.335 e. The van der Waals surface area contributed by atoms with E-state index >= 15 is 0 Å². The van der Waals surface area contributed by atoms with Crippen molar-refractivity contribution in [1.29, 1.82) is 0 Å². The fraction of sp³-hybridized carbons (Fsp3) is 0.179. The second-order valence-electron chi connectivity index (χ2n) is 8.40. The number of carbonyl (C=O) groups excluding carboxylic acids is 3. The maximum atomic E-state index is 13.2. The van der Waals surface area contributed by atoms with Gasteiger partial charge in [-0.05, 0) is 94.5 Å². The first-order valence-electron chi connectivity index (χ1n) is 11.3. The molecule has 0 atom stereocenters. The molecular weight excluding hydrogens is 540 g/mol. The highest BCUT2D eigenvalue weighted by molar-refractivity contribution is 9.10. The van der Waals surface area contributed by atoms with Gasteiger partial charge in [-0.3, -0.25) is 14.9 Å². The average Bonchev–Trinajstić information content (AvgIpc) is 2.88. The predicted molar refractivity (Wildman–Crippen MR) is 143 cm³/mol. The van der Waals surface area contributed by atoms with Gasteiger partial charge in [0.05, 0.1) is 24.4 Å². The van der Waals surface area contributed by atoms with Crippen LogP contribution in [0.15, 0.2) is 64.6 Å². The van der Waals surface area contributed by atoms with E-state index in [1.165, 1.54) is 31.4 Å². The number of rotatable bonds is 7. The summed E-state index contributed by atoms with van der Waals surface area (Å²) in [6.45, 7) is 4.43. The van der Waals surface area contributed by atoms with E-state index in [4.69, 9.17) is 14.2 Å². The second-order valence-corrected chi connectivity index (χ2v) is 9.25. The summed E-state index contributed by atoms with van der Waals surface area (Å²) in [5.74, 6) is -0.0691. The molecule has 1 aliphatic heterocycles. The Labute approximate surface area is 223 Å². The lowest BCUT2D eigenvalue weighted by Crippen LogP contribution is -2.54. The molecule has 3 aromatic carbocycles. The second kappa shape index (κ2) is 10.9. The molecule has 1 aliphatic rings. The van der Waals surface area contributed by atoms with Gasteiger partial charge in [-0.2, -0.15) is 0 Å². The van der Waals surface area contributed by atoms with Crippen LogP contribution in [-0.4, -0.2) is 32.1 Å². The third-order valence-corrected chi connectivity index (χ3v) is 6.54. The van der Waals surface area contributed by atoms with Crippen molar-refractivity contribution in [3.8, 4) is 17.2 Å². The molecule has 1 heterocycles. The van der Waals surface area contributed by atoms with E-state index in [0.717, 1.165) is 10.5 Å². The highest BCUT2D eigenvalue weighted by atomic mass is 79.9. The molecule has 1 saturated heterocycles. The first-order chi connectivity index (χ1) is 17.7. The van der Waals surface area contributed by atoms with Gasteiger partial charge in [0.25, 0.3) is 11.8 Å². The summed E-state index contributed by atoms with van der Waals surface area (Å²) in [5.41, 5.74) is 3.99. The Bertz CT molecular complexity index is 1410. The lowest BCUT2D eigenvalue weighted by molar-refractivity contribution is -0.122. The van der Waals surface area contributed by atoms with Crippen LogP contribution in [0.2, 0.25) is 0 Å². The van der Waals surface area contributed by atoms with E-state index in [1.807, 2.05) is 19.1 Å². The minimum atomic E-state index is -0.828. The maximum Gasteiger partial charge on any atom is 0.335 e. The molecule has 0 saturated carbocycles. The topological polar surface area (TPSA) is 94.2 Å². The monoisotopic (exact) mass is 564 g/mol. The van der Waals surface area contributed by atoms with Crippen molar-refractivity contribution < 1.29 is 28.6 Å². The molecule has 4 rings (SSSR count). The Morgan fingerprint density at radius 3 is 2.30 bits per heavy atom. The number of aryl methyl sites for hydroxylation is 2. The van der Waals surface area contributed by atoms with Gasteiger partial charge >= 0.3 is 6.03 Å². The van der Waals surface area contributed by atoms with Gasteiger partial charge in [0.1, 0.15) is 17.9 Å². The van der Waals surface area contributed by atoms with Crippen LogP contribution in [0.3, 0.4) is 0 Å². The number of hydrogen-bond donors (Lipinski definition) is 1. The van der Waals surface area contributed by atoms with Crippen LogP contribution < -0.4 is 24.4 Å². The summed E-state index contributed by atoms with van der Waals surface area (Å²) in [4.78, 5) is 39.1. The zero-order valence-corrected chi connectivity index (χ0v) is 22.3. The Balaban J connectivity index is 1.62. The predicted octanol–water partition coefficient (Wildman–Crippen LogP) is 5.33. The number of barbiturate groups is 1. The minimum Gasteiger partial charge on any atom is -0.497 e. The van der Waals surface area contributed by atoms with E-state index in [9.17, 15) is 14.4 Å². The van der Waals surface area contributed by atoms with Gasteiger partial charge in [-0.25, -0.2) is 9.69 Å². The van der Waals surface area contributed by atoms with E-state index in [1.54, 1.807) is 36.4 Å². The molecule has 8 nitrogen and oxygen atoms in total. The molecule has 37 heavy (non-hydrogen) atoms. The number of nitrogens with one attached hydrogen (secondary N) is 1. The third kappa shape index (κ3) is 5.51. The summed E-state index contributed by atoms with van der Waals surface area (Å²) in [5, 5.41) is 2.22. The molecule has 9 heteroatoms. The number of amides is 4. The highest BCUT2D eigenvalue weighted by Crippen LogP contribution is 2.38. The molecule has 190 valence electrons. The van der Waals surface area contributed by atoms with Crippen LogP contribution in [0.25, 0.3) is 6.08 Å². The summed E-state index contributed by atoms with van der Waals surface area (Å²) >= 11 is 3.51. The number of imide groups is 2. The van der Waals surface area contributed by atoms with Crippen LogP contribution in [0.4, 0.5) is 10.5 Å². The molecular formula is C28H25BrN2O6. The van der Waals surface area contributed by atoms with Crippen LogP contribution in [-0.2, 0) is 16.2 Å². The highest BCUT2D eigenvalue weighted by Gasteiger charge is 2.36. The van der Waals surface area contributed by atoms with Crippen molar-refractivity contribution in [3.05, 3.63) is 86.9 Å². The first-order valence-corrected chi connectivity index (χ1v) is 12.1. The van der Waals surface area contributed by atoms with Crippen molar-refractivity contribution in [2.75, 3.05) is 19.1 Å². The number of benzene rings is 3. The maximum absolute atomic E-state index is 13.2. The lowest BCUT2D eigenvalue weighted by Gasteiger charge is -2.26. The Morgan fingerprint density at radius 2 is 1.65 bits per heavy atom. The molecule has 0 bridgehead atoms. The molecule has 1 N–H and O–H groups in total. The molecule has 1 fully saturated rings. The fourth-order valence-electron chi connectivity index (χ4n) is 3.80. The quantitative estimate of drug-likeness (QED) is 0.308. The summed E-state index contributed by atoms with van der Waals surface area (Å²) in [7, 11) is 3.02. The van der Waals surface area contributed by atoms with Gasteiger partial charge in [0, 0.05) is 0 Å². The van der Waals surface area contributed by atoms with Crippen molar-refractivity contribution in [3.63, 3.8) is 0 Å². The molecule has 0 radical (unpaired) electrons. The molecule has 0 aromatic heterocycles. The number of carbonyl (C=O) groups is 3. The van der Waals surface area contributed by atoms with Crippen LogP contribution in [0.1, 0.15) is 22.3 Å². The van der Waals surface area contributed by atoms with Gasteiger partial charge in [-0.1, -0.05) is 18.2 Å². The number of methoxy groups -OCH3 is 2. The van der Waals surface area contributed by atoms with E-state index in [2.05, 4.69) is 34.2 Å². The standard InChI is InChI=1S/C28H25BrN2O6/c1-16-5-6-18(11-17(16)2)15-37-25-23(29)13-19(14-24(25)36-4)12-22-26(32)30-28(34)31(27(22)33)20-7-9-21(35-3)10-8-20/h5-14H,15H2,1-4H3,(H,30,32,34)/b22-12+. The molecule has 4 amide bonds. The van der Waals surface area contributed by atoms with E-state index < -0.39 is 17.8 Å². The summed E-state index contributed by atoms with van der Waals surface area (Å²) < 4.78 is 17.3. The summed E-state index contributed by atoms with van der Waals surface area (Å²) in [6, 6.07) is 15.0. The number of ether oxygens (including phenoxy) is 3. The van der Waals surface area contributed by atoms with Gasteiger partial charge < -0.3 is 14.2 Å². The zero-order chi connectivity index (χ0) is 26.7. The fourth-order valence-corrected chi connectivity index (χ4v) is 4.38. The number of halogens is 1. The van der Waals surface area contributed by atoms with Gasteiger partial charge in [0.15, 0.2) is 11.5 Å². The normalized spacial score (nSPS) is 14.6. The first kappa shape index (κ1) is 26.0. The number of urea groups is 1. The van der Waals surface area contributed by atoms with Crippen molar-refractivity contribution in [1.82, 2.24) is 5.32 Å². The van der Waals surface area contributed by atoms with Gasteiger partial charge in [0.2, 0.25) is 0 Å². The SMILES string of the molecule is COc1ccc(N2C(=O)NC(=O)/C(=C\c3cc(Br)c(OCc4ccc(C)c(C)c4)c(OC)c3)C2=O)cc1. The van der Waals surface area contributed by atoms with Crippen LogP contribution in [0, 0.1) is 13.8 Å². The van der Waals surface area contributed by atoms with Crippen molar-refractivity contribution in [2.45, 2.75) is 20.5 Å². The molecule has 0 unspecified atom stereocenters. The number of anilines is 1. The van der Waals surface area contributed by atoms with E-state index in [0.29, 0.717) is 39.6 Å². The zero-order valence-electron chi connectivity index (χ0n) is 20.8. The lowest BCUT2D eigenvalue weighted by atomic mass is 10.1. The molecule has 0 spiro atoms. The van der Waals surface area contributed by atoms with Crippen LogP contribution >= 0.6 is 15.9 Å². The number of nitrogens with zero attached hydrogens (tertiary/aromatic N) is 1. The Hall–Kier alpha value is -4.11. The molecule has 3 aromatic rings. The van der Waals surface area contributed by atoms with E-state index in [-0.39, 0.29) is 5.57 Å². The molecule has 0 aliphatic carbocycles. The van der Waals surface area contributed by atoms with Gasteiger partial charge in [-0.15, -0.1) is 0 Å². The third-order valence-electron chi connectivity index (χ3n) is 5.95. The van der Waals surface area contributed by atoms with Crippen LogP contribution in [0.5, 0.6) is 17.2 Å².